The predicted molar refractivity (Wildman–Crippen MR) is 67.2 cm³/mol. The summed E-state index contributed by atoms with van der Waals surface area (Å²) in [4.78, 5) is 22.2. The van der Waals surface area contributed by atoms with E-state index in [-0.39, 0.29) is 24.8 Å². The Morgan fingerprint density at radius 3 is 2.47 bits per heavy atom. The van der Waals surface area contributed by atoms with Gasteiger partial charge in [0.1, 0.15) is 0 Å². The maximum absolute atomic E-state index is 11.6. The molecule has 0 spiro atoms. The van der Waals surface area contributed by atoms with Crippen molar-refractivity contribution in [3.63, 3.8) is 0 Å². The molecule has 1 saturated carbocycles. The lowest BCUT2D eigenvalue weighted by Gasteiger charge is -2.39. The number of hydrogen-bond acceptors (Lipinski definition) is 2. The van der Waals surface area contributed by atoms with Gasteiger partial charge in [-0.3, -0.25) is 9.59 Å². The van der Waals surface area contributed by atoms with Crippen LogP contribution in [0.1, 0.15) is 52.9 Å². The second kappa shape index (κ2) is 5.52. The van der Waals surface area contributed by atoms with Crippen molar-refractivity contribution in [2.75, 3.05) is 0 Å². The maximum atomic E-state index is 11.6. The average Bonchev–Trinajstić information content (AvgIpc) is 2.11. The van der Waals surface area contributed by atoms with Crippen molar-refractivity contribution in [2.45, 2.75) is 58.9 Å². The predicted octanol–water partition coefficient (Wildman–Crippen LogP) is 1.58. The molecule has 17 heavy (non-hydrogen) atoms. The zero-order valence-electron chi connectivity index (χ0n) is 11.1. The highest BCUT2D eigenvalue weighted by Crippen LogP contribution is 2.38. The minimum Gasteiger partial charge on any atom is -0.370 e. The van der Waals surface area contributed by atoms with Gasteiger partial charge in [-0.1, -0.05) is 20.8 Å². The molecular formula is C13H24N2O2. The van der Waals surface area contributed by atoms with E-state index in [2.05, 4.69) is 26.1 Å². The Labute approximate surface area is 103 Å². The van der Waals surface area contributed by atoms with Crippen LogP contribution < -0.4 is 11.1 Å². The number of nitrogens with one attached hydrogen (secondary N) is 1. The van der Waals surface area contributed by atoms with Gasteiger partial charge in [0, 0.05) is 18.9 Å². The van der Waals surface area contributed by atoms with Gasteiger partial charge in [0.25, 0.3) is 0 Å². The van der Waals surface area contributed by atoms with Gasteiger partial charge in [-0.2, -0.15) is 0 Å². The summed E-state index contributed by atoms with van der Waals surface area (Å²) in [6.45, 7) is 6.71. The van der Waals surface area contributed by atoms with Crippen molar-refractivity contribution >= 4 is 11.8 Å². The summed E-state index contributed by atoms with van der Waals surface area (Å²) in [5.74, 6) is 0.163. The van der Waals surface area contributed by atoms with Gasteiger partial charge in [-0.25, -0.2) is 0 Å². The topological polar surface area (TPSA) is 72.2 Å². The fourth-order valence-electron chi connectivity index (χ4n) is 2.99. The molecule has 1 fully saturated rings. The van der Waals surface area contributed by atoms with E-state index in [1.807, 2.05) is 0 Å². The third kappa shape index (κ3) is 5.20. The molecule has 1 aliphatic rings. The highest BCUT2D eigenvalue weighted by atomic mass is 16.2. The average molecular weight is 240 g/mol. The van der Waals surface area contributed by atoms with E-state index in [1.165, 1.54) is 6.42 Å². The van der Waals surface area contributed by atoms with Crippen molar-refractivity contribution in [1.82, 2.24) is 5.32 Å². The molecule has 98 valence electrons. The van der Waals surface area contributed by atoms with E-state index in [0.29, 0.717) is 11.3 Å². The smallest absolute Gasteiger partial charge is 0.220 e. The highest BCUT2D eigenvalue weighted by molar-refractivity contribution is 5.82. The summed E-state index contributed by atoms with van der Waals surface area (Å²) in [5.41, 5.74) is 5.31. The second-order valence-electron chi connectivity index (χ2n) is 6.14. The number of rotatable bonds is 4. The van der Waals surface area contributed by atoms with Crippen molar-refractivity contribution in [2.24, 2.45) is 17.1 Å². The van der Waals surface area contributed by atoms with Gasteiger partial charge in [0.2, 0.25) is 11.8 Å². The number of carbonyl (C=O) groups excluding carboxylic acids is 2. The first-order valence-electron chi connectivity index (χ1n) is 6.36. The number of carbonyl (C=O) groups is 2. The molecule has 0 aromatic carbocycles. The van der Waals surface area contributed by atoms with Crippen LogP contribution in [0.2, 0.25) is 0 Å². The lowest BCUT2D eigenvalue weighted by atomic mass is 9.70. The Bertz CT molecular complexity index is 300. The second-order valence-corrected chi connectivity index (χ2v) is 6.14. The molecule has 0 heterocycles. The quantitative estimate of drug-likeness (QED) is 0.783. The van der Waals surface area contributed by atoms with E-state index in [1.54, 1.807) is 0 Å². The monoisotopic (exact) mass is 240 g/mol. The first kappa shape index (κ1) is 14.0. The number of primary amides is 1. The number of amides is 2. The zero-order chi connectivity index (χ0) is 13.1. The molecule has 2 amide bonds. The number of hydrogen-bond donors (Lipinski definition) is 2. The summed E-state index contributed by atoms with van der Waals surface area (Å²) in [6.07, 6.45) is 3.60. The summed E-state index contributed by atoms with van der Waals surface area (Å²) < 4.78 is 0. The molecule has 4 heteroatoms. The van der Waals surface area contributed by atoms with Gasteiger partial charge >= 0.3 is 0 Å². The Hall–Kier alpha value is -1.06. The summed E-state index contributed by atoms with van der Waals surface area (Å²) in [7, 11) is 0. The SMILES string of the molecule is CC1CC(NC(=O)CCC(N)=O)CC(C)(C)C1. The molecule has 0 radical (unpaired) electrons. The fourth-order valence-corrected chi connectivity index (χ4v) is 2.99. The zero-order valence-corrected chi connectivity index (χ0v) is 11.1. The van der Waals surface area contributed by atoms with Crippen LogP contribution in [-0.2, 0) is 9.59 Å². The van der Waals surface area contributed by atoms with Gasteiger partial charge in [0.05, 0.1) is 0 Å². The lowest BCUT2D eigenvalue weighted by Crippen LogP contribution is -2.43. The summed E-state index contributed by atoms with van der Waals surface area (Å²) >= 11 is 0. The molecule has 0 aliphatic heterocycles. The molecule has 0 aromatic rings. The van der Waals surface area contributed by atoms with Crippen molar-refractivity contribution < 1.29 is 9.59 Å². The van der Waals surface area contributed by atoms with Crippen molar-refractivity contribution in [1.29, 1.82) is 0 Å². The van der Waals surface area contributed by atoms with E-state index in [0.717, 1.165) is 12.8 Å². The first-order valence-corrected chi connectivity index (χ1v) is 6.36. The Balaban J connectivity index is 2.40. The standard InChI is InChI=1S/C13H24N2O2/c1-9-6-10(8-13(2,3)7-9)15-12(17)5-4-11(14)16/h9-10H,4-8H2,1-3H3,(H2,14,16)(H,15,17). The van der Waals surface area contributed by atoms with E-state index in [9.17, 15) is 9.59 Å². The lowest BCUT2D eigenvalue weighted by molar-refractivity contribution is -0.125. The summed E-state index contributed by atoms with van der Waals surface area (Å²) in [5, 5.41) is 3.01. The molecule has 2 unspecified atom stereocenters. The molecule has 2 atom stereocenters. The number of nitrogens with two attached hydrogens (primary N) is 1. The Morgan fingerprint density at radius 2 is 1.94 bits per heavy atom. The van der Waals surface area contributed by atoms with Gasteiger partial charge in [-0.15, -0.1) is 0 Å². The molecule has 1 rings (SSSR count). The molecule has 0 bridgehead atoms. The molecule has 0 saturated heterocycles. The Morgan fingerprint density at radius 1 is 1.29 bits per heavy atom. The third-order valence-electron chi connectivity index (χ3n) is 3.35. The van der Waals surface area contributed by atoms with Gasteiger partial charge in [-0.05, 0) is 30.6 Å². The minimum absolute atomic E-state index is 0.0568. The van der Waals surface area contributed by atoms with E-state index < -0.39 is 5.91 Å². The first-order chi connectivity index (χ1) is 7.78. The van der Waals surface area contributed by atoms with Crippen LogP contribution in [0.3, 0.4) is 0 Å². The maximum Gasteiger partial charge on any atom is 0.220 e. The van der Waals surface area contributed by atoms with E-state index in [4.69, 9.17) is 5.73 Å². The molecule has 1 aliphatic carbocycles. The highest BCUT2D eigenvalue weighted by Gasteiger charge is 2.32. The van der Waals surface area contributed by atoms with Crippen LogP contribution in [0.25, 0.3) is 0 Å². The van der Waals surface area contributed by atoms with Crippen LogP contribution in [0.4, 0.5) is 0 Å². The van der Waals surface area contributed by atoms with Crippen LogP contribution in [-0.4, -0.2) is 17.9 Å². The fraction of sp³-hybridized carbons (Fsp3) is 0.846. The third-order valence-corrected chi connectivity index (χ3v) is 3.35. The van der Waals surface area contributed by atoms with Gasteiger partial charge in [0.15, 0.2) is 0 Å². The molecule has 4 nitrogen and oxygen atoms in total. The van der Waals surface area contributed by atoms with Crippen LogP contribution in [0.15, 0.2) is 0 Å². The van der Waals surface area contributed by atoms with Crippen molar-refractivity contribution in [3.05, 3.63) is 0 Å². The van der Waals surface area contributed by atoms with Crippen LogP contribution >= 0.6 is 0 Å². The van der Waals surface area contributed by atoms with Crippen LogP contribution in [0, 0.1) is 11.3 Å². The molecule has 0 aromatic heterocycles. The summed E-state index contributed by atoms with van der Waals surface area (Å²) in [6, 6.07) is 0.245. The minimum atomic E-state index is -0.419. The Kier molecular flexibility index (Phi) is 4.54. The molecular weight excluding hydrogens is 216 g/mol. The van der Waals surface area contributed by atoms with Gasteiger partial charge < -0.3 is 11.1 Å². The van der Waals surface area contributed by atoms with E-state index >= 15 is 0 Å². The molecule has 3 N–H and O–H groups in total. The normalized spacial score (nSPS) is 27.5. The largest absolute Gasteiger partial charge is 0.370 e. The van der Waals surface area contributed by atoms with Crippen molar-refractivity contribution in [3.8, 4) is 0 Å². The van der Waals surface area contributed by atoms with Crippen LogP contribution in [0.5, 0.6) is 0 Å².